The van der Waals surface area contributed by atoms with Crippen LogP contribution in [0.3, 0.4) is 0 Å². The number of hydrogen-bond acceptors (Lipinski definition) is 3. The van der Waals surface area contributed by atoms with Crippen molar-refractivity contribution in [1.82, 2.24) is 0 Å². The molecule has 20 heavy (non-hydrogen) atoms. The minimum Gasteiger partial charge on any atom is -0.459 e. The lowest BCUT2D eigenvalue weighted by molar-refractivity contribution is -0.156. The van der Waals surface area contributed by atoms with Gasteiger partial charge < -0.3 is 10.5 Å². The van der Waals surface area contributed by atoms with Crippen LogP contribution in [0, 0.1) is 0 Å². The molecule has 0 heterocycles. The Morgan fingerprint density at radius 1 is 1.30 bits per heavy atom. The molecule has 0 saturated heterocycles. The third kappa shape index (κ3) is 5.21. The van der Waals surface area contributed by atoms with Gasteiger partial charge in [-0.25, -0.2) is 0 Å². The lowest BCUT2D eigenvalue weighted by Gasteiger charge is -2.22. The normalized spacial score (nSPS) is 13.9. The second kappa shape index (κ2) is 5.83. The van der Waals surface area contributed by atoms with Crippen molar-refractivity contribution in [3.05, 3.63) is 35.4 Å². The van der Waals surface area contributed by atoms with Crippen LogP contribution in [0.5, 0.6) is 0 Å². The predicted molar refractivity (Wildman–Crippen MR) is 69.0 cm³/mol. The molecule has 0 spiro atoms. The zero-order valence-electron chi connectivity index (χ0n) is 11.6. The van der Waals surface area contributed by atoms with Crippen molar-refractivity contribution >= 4 is 5.97 Å². The van der Waals surface area contributed by atoms with Crippen LogP contribution in [0.15, 0.2) is 24.3 Å². The number of benzene rings is 1. The number of halogens is 3. The zero-order valence-corrected chi connectivity index (χ0v) is 11.6. The van der Waals surface area contributed by atoms with Gasteiger partial charge in [0.1, 0.15) is 11.6 Å². The lowest BCUT2D eigenvalue weighted by atomic mass is 10.0. The average molecular weight is 289 g/mol. The van der Waals surface area contributed by atoms with Crippen LogP contribution < -0.4 is 5.73 Å². The molecule has 0 aliphatic carbocycles. The number of carbonyl (C=O) groups is 1. The third-order valence-electron chi connectivity index (χ3n) is 2.42. The minimum absolute atomic E-state index is 0.00116. The number of carbonyl (C=O) groups excluding carboxylic acids is 1. The van der Waals surface area contributed by atoms with Gasteiger partial charge in [-0.3, -0.25) is 4.79 Å². The summed E-state index contributed by atoms with van der Waals surface area (Å²) in [7, 11) is 0. The summed E-state index contributed by atoms with van der Waals surface area (Å²) in [6, 6.07) is 3.77. The number of hydrogen-bond donors (Lipinski definition) is 1. The predicted octanol–water partition coefficient (Wildman–Crippen LogP) is 2.92. The van der Waals surface area contributed by atoms with Crippen molar-refractivity contribution in [2.75, 3.05) is 0 Å². The van der Waals surface area contributed by atoms with E-state index in [1.54, 1.807) is 20.8 Å². The van der Waals surface area contributed by atoms with E-state index in [4.69, 9.17) is 10.5 Å². The number of esters is 1. The van der Waals surface area contributed by atoms with Gasteiger partial charge >= 0.3 is 12.1 Å². The molecule has 2 N–H and O–H groups in total. The molecule has 1 aromatic rings. The number of rotatable bonds is 3. The highest BCUT2D eigenvalue weighted by Gasteiger charge is 2.30. The van der Waals surface area contributed by atoms with Crippen molar-refractivity contribution in [2.45, 2.75) is 45.0 Å². The molecule has 0 aliphatic heterocycles. The maximum atomic E-state index is 12.6. The molecule has 0 fully saturated rings. The summed E-state index contributed by atoms with van der Waals surface area (Å²) in [4.78, 5) is 11.7. The van der Waals surface area contributed by atoms with Gasteiger partial charge in [-0.15, -0.1) is 0 Å². The first-order valence-electron chi connectivity index (χ1n) is 6.13. The average Bonchev–Trinajstić information content (AvgIpc) is 2.25. The first kappa shape index (κ1) is 16.5. The van der Waals surface area contributed by atoms with Gasteiger partial charge in [-0.05, 0) is 38.8 Å². The highest BCUT2D eigenvalue weighted by atomic mass is 19.4. The fourth-order valence-corrected chi connectivity index (χ4v) is 1.59. The van der Waals surface area contributed by atoms with Gasteiger partial charge in [0.25, 0.3) is 0 Å². The third-order valence-corrected chi connectivity index (χ3v) is 2.42. The van der Waals surface area contributed by atoms with Gasteiger partial charge in [-0.2, -0.15) is 13.2 Å². The summed E-state index contributed by atoms with van der Waals surface area (Å²) in [5.74, 6) is -0.630. The molecular formula is C14H18F3NO2. The molecular weight excluding hydrogens is 271 g/mol. The van der Waals surface area contributed by atoms with E-state index in [-0.39, 0.29) is 6.42 Å². The molecule has 0 amide bonds. The van der Waals surface area contributed by atoms with E-state index in [1.807, 2.05) is 0 Å². The van der Waals surface area contributed by atoms with Gasteiger partial charge in [-0.1, -0.05) is 18.2 Å². The Kier molecular flexibility index (Phi) is 4.81. The Morgan fingerprint density at radius 3 is 2.40 bits per heavy atom. The molecule has 0 bridgehead atoms. The molecule has 1 rings (SSSR count). The highest BCUT2D eigenvalue weighted by molar-refractivity contribution is 5.76. The summed E-state index contributed by atoms with van der Waals surface area (Å²) < 4.78 is 42.8. The summed E-state index contributed by atoms with van der Waals surface area (Å²) in [6.07, 6.45) is -4.41. The van der Waals surface area contributed by atoms with E-state index in [9.17, 15) is 18.0 Å². The maximum absolute atomic E-state index is 12.6. The quantitative estimate of drug-likeness (QED) is 0.870. The number of ether oxygens (including phenoxy) is 1. The van der Waals surface area contributed by atoms with Crippen LogP contribution in [0.4, 0.5) is 13.2 Å². The summed E-state index contributed by atoms with van der Waals surface area (Å²) in [6.45, 7) is 5.09. The molecule has 1 unspecified atom stereocenters. The van der Waals surface area contributed by atoms with Gasteiger partial charge in [0.2, 0.25) is 0 Å². The SMILES string of the molecule is CC(C)(C)OC(=O)C(N)Cc1cccc(C(F)(F)F)c1. The highest BCUT2D eigenvalue weighted by Crippen LogP contribution is 2.29. The second-order valence-corrected chi connectivity index (χ2v) is 5.54. The first-order chi connectivity index (χ1) is 8.99. The Balaban J connectivity index is 2.76. The number of alkyl halides is 3. The monoisotopic (exact) mass is 289 g/mol. The van der Waals surface area contributed by atoms with Gasteiger partial charge in [0.05, 0.1) is 5.56 Å². The molecule has 6 heteroatoms. The van der Waals surface area contributed by atoms with E-state index in [2.05, 4.69) is 0 Å². The Bertz CT molecular complexity index is 478. The zero-order chi connectivity index (χ0) is 15.6. The molecule has 0 aliphatic rings. The smallest absolute Gasteiger partial charge is 0.416 e. The summed E-state index contributed by atoms with van der Waals surface area (Å²) in [5.41, 5.74) is 4.57. The second-order valence-electron chi connectivity index (χ2n) is 5.54. The van der Waals surface area contributed by atoms with Crippen molar-refractivity contribution < 1.29 is 22.7 Å². The van der Waals surface area contributed by atoms with Crippen LogP contribution in [-0.4, -0.2) is 17.6 Å². The van der Waals surface area contributed by atoms with E-state index in [1.165, 1.54) is 12.1 Å². The van der Waals surface area contributed by atoms with Crippen LogP contribution in [0.2, 0.25) is 0 Å². The molecule has 0 aromatic heterocycles. The van der Waals surface area contributed by atoms with E-state index in [0.29, 0.717) is 5.56 Å². The fraction of sp³-hybridized carbons (Fsp3) is 0.500. The molecule has 3 nitrogen and oxygen atoms in total. The van der Waals surface area contributed by atoms with Crippen molar-refractivity contribution in [2.24, 2.45) is 5.73 Å². The van der Waals surface area contributed by atoms with Crippen molar-refractivity contribution in [3.8, 4) is 0 Å². The van der Waals surface area contributed by atoms with E-state index in [0.717, 1.165) is 12.1 Å². The minimum atomic E-state index is -4.41. The summed E-state index contributed by atoms with van der Waals surface area (Å²) >= 11 is 0. The Hall–Kier alpha value is -1.56. The van der Waals surface area contributed by atoms with Crippen LogP contribution in [0.25, 0.3) is 0 Å². The first-order valence-corrected chi connectivity index (χ1v) is 6.13. The largest absolute Gasteiger partial charge is 0.459 e. The Morgan fingerprint density at radius 2 is 1.90 bits per heavy atom. The van der Waals surface area contributed by atoms with Crippen LogP contribution >= 0.6 is 0 Å². The number of nitrogens with two attached hydrogens (primary N) is 1. The Labute approximate surface area is 115 Å². The van der Waals surface area contributed by atoms with Crippen molar-refractivity contribution in [3.63, 3.8) is 0 Å². The van der Waals surface area contributed by atoms with E-state index < -0.39 is 29.4 Å². The van der Waals surface area contributed by atoms with Gasteiger partial charge in [0.15, 0.2) is 0 Å². The van der Waals surface area contributed by atoms with Crippen LogP contribution in [-0.2, 0) is 22.1 Å². The molecule has 1 atom stereocenters. The summed E-state index contributed by atoms with van der Waals surface area (Å²) in [5, 5.41) is 0. The lowest BCUT2D eigenvalue weighted by Crippen LogP contribution is -2.38. The van der Waals surface area contributed by atoms with E-state index >= 15 is 0 Å². The molecule has 0 radical (unpaired) electrons. The van der Waals surface area contributed by atoms with Crippen molar-refractivity contribution in [1.29, 1.82) is 0 Å². The maximum Gasteiger partial charge on any atom is 0.416 e. The molecule has 0 saturated carbocycles. The molecule has 112 valence electrons. The standard InChI is InChI=1S/C14H18F3NO2/c1-13(2,3)20-12(19)11(18)8-9-5-4-6-10(7-9)14(15,16)17/h4-7,11H,8,18H2,1-3H3. The topological polar surface area (TPSA) is 52.3 Å². The van der Waals surface area contributed by atoms with Gasteiger partial charge in [0, 0.05) is 0 Å². The molecule has 1 aromatic carbocycles. The van der Waals surface area contributed by atoms with Crippen LogP contribution in [0.1, 0.15) is 31.9 Å². The fourth-order valence-electron chi connectivity index (χ4n) is 1.59.